The summed E-state index contributed by atoms with van der Waals surface area (Å²) in [5.41, 5.74) is 1.72. The number of aromatic nitrogens is 1. The van der Waals surface area contributed by atoms with Crippen molar-refractivity contribution in [2.45, 2.75) is 38.8 Å². The van der Waals surface area contributed by atoms with Crippen LogP contribution in [0.15, 0.2) is 53.5 Å². The van der Waals surface area contributed by atoms with Crippen molar-refractivity contribution < 1.29 is 9.59 Å². The molecule has 0 radical (unpaired) electrons. The predicted octanol–water partition coefficient (Wildman–Crippen LogP) is 4.33. The second-order valence-corrected chi connectivity index (χ2v) is 8.99. The summed E-state index contributed by atoms with van der Waals surface area (Å²) in [5.74, 6) is -0.296. The van der Waals surface area contributed by atoms with Crippen molar-refractivity contribution in [2.75, 3.05) is 13.1 Å². The van der Waals surface area contributed by atoms with Gasteiger partial charge >= 0.3 is 0 Å². The lowest BCUT2D eigenvalue weighted by Gasteiger charge is -2.20. The summed E-state index contributed by atoms with van der Waals surface area (Å²) >= 11 is 1.56. The van der Waals surface area contributed by atoms with Gasteiger partial charge in [-0.3, -0.25) is 9.59 Å². The summed E-state index contributed by atoms with van der Waals surface area (Å²) in [6.45, 7) is 2.27. The molecule has 3 heterocycles. The molecule has 3 aromatic rings. The Kier molecular flexibility index (Phi) is 7.03. The highest BCUT2D eigenvalue weighted by atomic mass is 32.1. The zero-order chi connectivity index (χ0) is 22.3. The Bertz CT molecular complexity index is 1160. The molecular weight excluding hydrogens is 420 g/mol. The Morgan fingerprint density at radius 2 is 1.88 bits per heavy atom. The Labute approximate surface area is 191 Å². The van der Waals surface area contributed by atoms with Gasteiger partial charge in [-0.15, -0.1) is 11.3 Å². The Hall–Kier alpha value is -3.37. The molecule has 0 spiro atoms. The van der Waals surface area contributed by atoms with Crippen LogP contribution in [-0.2, 0) is 22.7 Å². The first-order valence-corrected chi connectivity index (χ1v) is 11.8. The second kappa shape index (κ2) is 10.3. The largest absolute Gasteiger partial charge is 0.347 e. The van der Waals surface area contributed by atoms with Crippen LogP contribution in [-0.4, -0.2) is 34.4 Å². The third-order valence-corrected chi connectivity index (χ3v) is 6.63. The molecule has 1 saturated heterocycles. The number of amides is 2. The number of thiophene rings is 1. The fourth-order valence-electron chi connectivity index (χ4n) is 4.07. The minimum atomic E-state index is -0.404. The molecular formula is C25H26N4O2S. The van der Waals surface area contributed by atoms with Crippen LogP contribution in [0, 0.1) is 11.3 Å². The molecule has 1 aliphatic heterocycles. The van der Waals surface area contributed by atoms with Gasteiger partial charge in [0.1, 0.15) is 18.2 Å². The van der Waals surface area contributed by atoms with Crippen LogP contribution in [0.2, 0.25) is 0 Å². The molecule has 2 amide bonds. The monoisotopic (exact) mass is 446 g/mol. The van der Waals surface area contributed by atoms with E-state index in [2.05, 4.69) is 5.32 Å². The molecule has 164 valence electrons. The van der Waals surface area contributed by atoms with Gasteiger partial charge in [-0.2, -0.15) is 5.26 Å². The van der Waals surface area contributed by atoms with E-state index in [1.165, 1.54) is 12.8 Å². The van der Waals surface area contributed by atoms with Crippen molar-refractivity contribution in [3.8, 4) is 6.07 Å². The first-order chi connectivity index (χ1) is 15.7. The third kappa shape index (κ3) is 5.09. The average molecular weight is 447 g/mol. The number of carbonyl (C=O) groups excluding carboxylic acids is 2. The van der Waals surface area contributed by atoms with Gasteiger partial charge in [0.05, 0.1) is 6.54 Å². The van der Waals surface area contributed by atoms with Gasteiger partial charge in [0, 0.05) is 40.6 Å². The van der Waals surface area contributed by atoms with Crippen molar-refractivity contribution in [3.63, 3.8) is 0 Å². The number of para-hydroxylation sites is 1. The molecule has 0 bridgehead atoms. The van der Waals surface area contributed by atoms with E-state index in [4.69, 9.17) is 0 Å². The molecule has 0 aliphatic carbocycles. The van der Waals surface area contributed by atoms with Gasteiger partial charge in [-0.1, -0.05) is 37.1 Å². The molecule has 1 fully saturated rings. The van der Waals surface area contributed by atoms with Gasteiger partial charge in [-0.25, -0.2) is 0 Å². The zero-order valence-electron chi connectivity index (χ0n) is 17.9. The molecule has 0 saturated carbocycles. The fourth-order valence-corrected chi connectivity index (χ4v) is 4.71. The highest BCUT2D eigenvalue weighted by Gasteiger charge is 2.18. The number of likely N-dealkylation sites (tertiary alicyclic amines) is 1. The molecule has 0 unspecified atom stereocenters. The van der Waals surface area contributed by atoms with Crippen LogP contribution in [0.5, 0.6) is 0 Å². The van der Waals surface area contributed by atoms with Crippen LogP contribution < -0.4 is 5.32 Å². The average Bonchev–Trinajstić information content (AvgIpc) is 3.35. The standard InChI is InChI=1S/C25H26N4O2S/c26-15-19(25(31)27-16-21-8-7-13-32-21)14-20-17-29(23-10-4-3-9-22(20)23)18-24(30)28-11-5-1-2-6-12-28/h3-4,7-10,13-14,17H,1-2,5-6,11-12,16,18H2,(H,27,31)/b19-14+. The van der Waals surface area contributed by atoms with Crippen molar-refractivity contribution >= 4 is 40.1 Å². The molecule has 2 aromatic heterocycles. The van der Waals surface area contributed by atoms with E-state index >= 15 is 0 Å². The van der Waals surface area contributed by atoms with Crippen LogP contribution in [0.1, 0.15) is 36.1 Å². The molecule has 0 atom stereocenters. The second-order valence-electron chi connectivity index (χ2n) is 7.96. The van der Waals surface area contributed by atoms with Crippen molar-refractivity contribution in [1.29, 1.82) is 5.26 Å². The highest BCUT2D eigenvalue weighted by Crippen LogP contribution is 2.24. The summed E-state index contributed by atoms with van der Waals surface area (Å²) in [6.07, 6.45) is 7.94. The Balaban J connectivity index is 1.56. The van der Waals surface area contributed by atoms with E-state index in [1.807, 2.05) is 63.5 Å². The van der Waals surface area contributed by atoms with Crippen molar-refractivity contribution in [2.24, 2.45) is 0 Å². The number of nitriles is 1. The van der Waals surface area contributed by atoms with E-state index in [1.54, 1.807) is 17.4 Å². The normalized spacial score (nSPS) is 14.7. The summed E-state index contributed by atoms with van der Waals surface area (Å²) < 4.78 is 1.92. The lowest BCUT2D eigenvalue weighted by Crippen LogP contribution is -2.34. The number of carbonyl (C=O) groups is 2. The summed E-state index contributed by atoms with van der Waals surface area (Å²) in [5, 5.41) is 15.3. The maximum absolute atomic E-state index is 12.9. The lowest BCUT2D eigenvalue weighted by atomic mass is 10.1. The number of rotatable bonds is 6. The van der Waals surface area contributed by atoms with Gasteiger partial charge in [0.15, 0.2) is 0 Å². The van der Waals surface area contributed by atoms with Gasteiger partial charge in [0.2, 0.25) is 5.91 Å². The van der Waals surface area contributed by atoms with Crippen molar-refractivity contribution in [1.82, 2.24) is 14.8 Å². The molecule has 1 N–H and O–H groups in total. The van der Waals surface area contributed by atoms with Crippen LogP contribution >= 0.6 is 11.3 Å². The third-order valence-electron chi connectivity index (χ3n) is 5.75. The van der Waals surface area contributed by atoms with E-state index in [0.717, 1.165) is 47.3 Å². The Morgan fingerprint density at radius 1 is 1.09 bits per heavy atom. The topological polar surface area (TPSA) is 78.1 Å². The van der Waals surface area contributed by atoms with Gasteiger partial charge in [0.25, 0.3) is 5.91 Å². The fraction of sp³-hybridized carbons (Fsp3) is 0.320. The molecule has 6 nitrogen and oxygen atoms in total. The number of fused-ring (bicyclic) bond motifs is 1. The summed E-state index contributed by atoms with van der Waals surface area (Å²) in [7, 11) is 0. The number of benzene rings is 1. The SMILES string of the molecule is N#C/C(=C\c1cn(CC(=O)N2CCCCCC2)c2ccccc12)C(=O)NCc1cccs1. The first kappa shape index (κ1) is 21.8. The number of hydrogen-bond acceptors (Lipinski definition) is 4. The smallest absolute Gasteiger partial charge is 0.262 e. The van der Waals surface area contributed by atoms with Gasteiger partial charge < -0.3 is 14.8 Å². The number of nitrogens with zero attached hydrogens (tertiary/aromatic N) is 3. The van der Waals surface area contributed by atoms with Crippen LogP contribution in [0.3, 0.4) is 0 Å². The van der Waals surface area contributed by atoms with Crippen molar-refractivity contribution in [3.05, 3.63) is 64.0 Å². The van der Waals surface area contributed by atoms with Crippen LogP contribution in [0.25, 0.3) is 17.0 Å². The maximum Gasteiger partial charge on any atom is 0.262 e. The van der Waals surface area contributed by atoms with E-state index < -0.39 is 5.91 Å². The molecule has 4 rings (SSSR count). The maximum atomic E-state index is 12.9. The van der Waals surface area contributed by atoms with E-state index in [9.17, 15) is 14.9 Å². The first-order valence-electron chi connectivity index (χ1n) is 10.9. The Morgan fingerprint density at radius 3 is 2.59 bits per heavy atom. The minimum Gasteiger partial charge on any atom is -0.347 e. The summed E-state index contributed by atoms with van der Waals surface area (Å²) in [4.78, 5) is 28.5. The minimum absolute atomic E-state index is 0.0447. The number of nitrogens with one attached hydrogen (secondary N) is 1. The highest BCUT2D eigenvalue weighted by molar-refractivity contribution is 7.09. The van der Waals surface area contributed by atoms with E-state index in [-0.39, 0.29) is 18.0 Å². The molecule has 7 heteroatoms. The predicted molar refractivity (Wildman–Crippen MR) is 127 cm³/mol. The summed E-state index contributed by atoms with van der Waals surface area (Å²) in [6, 6.07) is 13.7. The molecule has 32 heavy (non-hydrogen) atoms. The molecule has 1 aliphatic rings. The zero-order valence-corrected chi connectivity index (χ0v) is 18.7. The van der Waals surface area contributed by atoms with Gasteiger partial charge in [-0.05, 0) is 36.4 Å². The number of hydrogen-bond donors (Lipinski definition) is 1. The quantitative estimate of drug-likeness (QED) is 0.452. The lowest BCUT2D eigenvalue weighted by molar-refractivity contribution is -0.131. The van der Waals surface area contributed by atoms with E-state index in [0.29, 0.717) is 6.54 Å². The van der Waals surface area contributed by atoms with Crippen LogP contribution in [0.4, 0.5) is 0 Å². The molecule has 1 aromatic carbocycles.